The minimum absolute atomic E-state index is 0.0201. The van der Waals surface area contributed by atoms with Crippen molar-refractivity contribution < 1.29 is 27.9 Å². The third-order valence-electron chi connectivity index (χ3n) is 4.45. The zero-order valence-electron chi connectivity index (χ0n) is 14.6. The topological polar surface area (TPSA) is 122 Å². The van der Waals surface area contributed by atoms with Gasteiger partial charge in [0.15, 0.2) is 0 Å². The highest BCUT2D eigenvalue weighted by Gasteiger charge is 2.30. The van der Waals surface area contributed by atoms with Crippen LogP contribution in [0, 0.1) is 11.8 Å². The Kier molecular flexibility index (Phi) is 6.98. The van der Waals surface area contributed by atoms with Crippen molar-refractivity contribution >= 4 is 27.6 Å². The molecule has 1 aromatic carbocycles. The molecule has 0 aliphatic carbocycles. The van der Waals surface area contributed by atoms with Gasteiger partial charge in [-0.2, -0.15) is 0 Å². The van der Waals surface area contributed by atoms with Crippen molar-refractivity contribution in [2.45, 2.75) is 19.8 Å². The molecule has 144 valence electrons. The van der Waals surface area contributed by atoms with Gasteiger partial charge < -0.3 is 15.2 Å². The van der Waals surface area contributed by atoms with Crippen LogP contribution in [0.4, 0.5) is 5.69 Å². The van der Waals surface area contributed by atoms with Crippen molar-refractivity contribution in [1.82, 2.24) is 5.32 Å². The van der Waals surface area contributed by atoms with Crippen LogP contribution in [-0.4, -0.2) is 50.9 Å². The van der Waals surface area contributed by atoms with Crippen molar-refractivity contribution in [3.63, 3.8) is 0 Å². The number of carboxylic acids is 1. The number of para-hydroxylation sites is 1. The smallest absolute Gasteiger partial charge is 0.308 e. The minimum atomic E-state index is -3.53. The molecule has 1 fully saturated rings. The summed E-state index contributed by atoms with van der Waals surface area (Å²) >= 11 is 0. The van der Waals surface area contributed by atoms with Gasteiger partial charge in [-0.3, -0.25) is 14.3 Å². The average Bonchev–Trinajstić information content (AvgIpc) is 2.62. The van der Waals surface area contributed by atoms with Gasteiger partial charge in [-0.15, -0.1) is 0 Å². The number of aliphatic carboxylic acids is 1. The highest BCUT2D eigenvalue weighted by molar-refractivity contribution is 7.92. The summed E-state index contributed by atoms with van der Waals surface area (Å²) in [6.07, 6.45) is 1.28. The molecule has 1 aliphatic rings. The Morgan fingerprint density at radius 1 is 1.27 bits per heavy atom. The molecule has 8 nitrogen and oxygen atoms in total. The SMILES string of the molecule is CCS(=O)(=O)Nc1ccccc1C(=O)NCC(C(=O)O)C1CCOCC1. The number of anilines is 1. The Morgan fingerprint density at radius 2 is 1.92 bits per heavy atom. The van der Waals surface area contributed by atoms with Gasteiger partial charge in [0.2, 0.25) is 10.0 Å². The van der Waals surface area contributed by atoms with Crippen LogP contribution in [0.25, 0.3) is 0 Å². The summed E-state index contributed by atoms with van der Waals surface area (Å²) in [6.45, 7) is 2.51. The molecule has 0 saturated carbocycles. The largest absolute Gasteiger partial charge is 0.481 e. The zero-order chi connectivity index (χ0) is 19.2. The average molecular weight is 384 g/mol. The molecule has 0 radical (unpaired) electrons. The van der Waals surface area contributed by atoms with Crippen LogP contribution in [0.1, 0.15) is 30.1 Å². The van der Waals surface area contributed by atoms with E-state index in [1.165, 1.54) is 19.1 Å². The summed E-state index contributed by atoms with van der Waals surface area (Å²) in [5.41, 5.74) is 0.324. The van der Waals surface area contributed by atoms with Gasteiger partial charge in [-0.1, -0.05) is 12.1 Å². The second-order valence-electron chi connectivity index (χ2n) is 6.16. The Hall–Kier alpha value is -2.13. The third kappa shape index (κ3) is 5.43. The van der Waals surface area contributed by atoms with Crippen molar-refractivity contribution in [3.8, 4) is 0 Å². The molecule has 1 aromatic rings. The van der Waals surface area contributed by atoms with Crippen LogP contribution in [0.2, 0.25) is 0 Å². The van der Waals surface area contributed by atoms with Crippen LogP contribution in [0.3, 0.4) is 0 Å². The van der Waals surface area contributed by atoms with E-state index in [4.69, 9.17) is 4.74 Å². The van der Waals surface area contributed by atoms with Gasteiger partial charge in [0.1, 0.15) is 0 Å². The molecule has 9 heteroatoms. The summed E-state index contributed by atoms with van der Waals surface area (Å²) in [7, 11) is -3.53. The first-order valence-electron chi connectivity index (χ1n) is 8.52. The van der Waals surface area contributed by atoms with Crippen LogP contribution in [0.5, 0.6) is 0 Å². The monoisotopic (exact) mass is 384 g/mol. The van der Waals surface area contributed by atoms with Crippen molar-refractivity contribution in [2.24, 2.45) is 11.8 Å². The molecule has 1 aliphatic heterocycles. The van der Waals surface area contributed by atoms with Crippen molar-refractivity contribution in [3.05, 3.63) is 29.8 Å². The molecule has 1 heterocycles. The number of hydrogen-bond acceptors (Lipinski definition) is 5. The van der Waals surface area contributed by atoms with E-state index in [0.29, 0.717) is 26.1 Å². The van der Waals surface area contributed by atoms with E-state index in [9.17, 15) is 23.1 Å². The fourth-order valence-corrected chi connectivity index (χ4v) is 3.54. The summed E-state index contributed by atoms with van der Waals surface area (Å²) in [6, 6.07) is 6.22. The predicted molar refractivity (Wildman–Crippen MR) is 96.5 cm³/mol. The van der Waals surface area contributed by atoms with Gasteiger partial charge in [0, 0.05) is 19.8 Å². The highest BCUT2D eigenvalue weighted by atomic mass is 32.2. The number of rotatable bonds is 8. The van der Waals surface area contributed by atoms with E-state index in [0.717, 1.165) is 0 Å². The van der Waals surface area contributed by atoms with Crippen LogP contribution < -0.4 is 10.0 Å². The summed E-state index contributed by atoms with van der Waals surface area (Å²) in [4.78, 5) is 24.0. The van der Waals surface area contributed by atoms with E-state index in [-0.39, 0.29) is 29.5 Å². The molecule has 1 amide bonds. The first kappa shape index (κ1) is 20.2. The second-order valence-corrected chi connectivity index (χ2v) is 8.17. The van der Waals surface area contributed by atoms with E-state index < -0.39 is 27.8 Å². The van der Waals surface area contributed by atoms with Gasteiger partial charge in [0.05, 0.1) is 22.9 Å². The van der Waals surface area contributed by atoms with Crippen molar-refractivity contribution in [1.29, 1.82) is 0 Å². The summed E-state index contributed by atoms with van der Waals surface area (Å²) in [5.74, 6) is -2.36. The Balaban J connectivity index is 2.08. The zero-order valence-corrected chi connectivity index (χ0v) is 15.4. The molecular weight excluding hydrogens is 360 g/mol. The molecule has 2 rings (SSSR count). The number of hydrogen-bond donors (Lipinski definition) is 3. The van der Waals surface area contributed by atoms with Crippen molar-refractivity contribution in [2.75, 3.05) is 30.2 Å². The lowest BCUT2D eigenvalue weighted by atomic mass is 9.86. The third-order valence-corrected chi connectivity index (χ3v) is 5.74. The molecular formula is C17H24N2O6S. The molecule has 3 N–H and O–H groups in total. The van der Waals surface area contributed by atoms with Gasteiger partial charge >= 0.3 is 5.97 Å². The normalized spacial score (nSPS) is 16.7. The van der Waals surface area contributed by atoms with E-state index in [2.05, 4.69) is 10.0 Å². The fourth-order valence-electron chi connectivity index (χ4n) is 2.88. The van der Waals surface area contributed by atoms with Crippen LogP contribution in [-0.2, 0) is 19.6 Å². The quantitative estimate of drug-likeness (QED) is 0.621. The lowest BCUT2D eigenvalue weighted by Crippen LogP contribution is -2.39. The summed E-state index contributed by atoms with van der Waals surface area (Å²) in [5, 5.41) is 12.1. The summed E-state index contributed by atoms with van der Waals surface area (Å²) < 4.78 is 31.2. The number of carbonyl (C=O) groups is 2. The van der Waals surface area contributed by atoms with Crippen LogP contribution >= 0.6 is 0 Å². The fraction of sp³-hybridized carbons (Fsp3) is 0.529. The van der Waals surface area contributed by atoms with E-state index in [1.807, 2.05) is 0 Å². The molecule has 1 unspecified atom stereocenters. The number of carbonyl (C=O) groups excluding carboxylic acids is 1. The molecule has 0 aromatic heterocycles. The van der Waals surface area contributed by atoms with E-state index in [1.54, 1.807) is 12.1 Å². The predicted octanol–water partition coefficient (Wildman–Crippen LogP) is 1.31. The number of carboxylic acid groups (broad SMARTS) is 1. The number of amides is 1. The lowest BCUT2D eigenvalue weighted by Gasteiger charge is -2.27. The maximum absolute atomic E-state index is 12.5. The molecule has 26 heavy (non-hydrogen) atoms. The first-order chi connectivity index (χ1) is 12.3. The number of nitrogens with one attached hydrogen (secondary N) is 2. The first-order valence-corrected chi connectivity index (χ1v) is 10.2. The Bertz CT molecular complexity index is 743. The number of benzene rings is 1. The maximum Gasteiger partial charge on any atom is 0.308 e. The number of ether oxygens (including phenoxy) is 1. The van der Waals surface area contributed by atoms with Gasteiger partial charge in [-0.05, 0) is 37.8 Å². The number of sulfonamides is 1. The molecule has 0 bridgehead atoms. The molecule has 0 spiro atoms. The lowest BCUT2D eigenvalue weighted by molar-refractivity contribution is -0.144. The second kappa shape index (κ2) is 9.00. The molecule has 1 atom stereocenters. The Labute approximate surface area is 153 Å². The Morgan fingerprint density at radius 3 is 2.54 bits per heavy atom. The van der Waals surface area contributed by atoms with E-state index >= 15 is 0 Å². The van der Waals surface area contributed by atoms with Gasteiger partial charge in [0.25, 0.3) is 5.91 Å². The van der Waals surface area contributed by atoms with Gasteiger partial charge in [-0.25, -0.2) is 8.42 Å². The molecule has 1 saturated heterocycles. The highest BCUT2D eigenvalue weighted by Crippen LogP contribution is 2.24. The minimum Gasteiger partial charge on any atom is -0.481 e. The van der Waals surface area contributed by atoms with Crippen LogP contribution in [0.15, 0.2) is 24.3 Å². The maximum atomic E-state index is 12.5. The standard InChI is InChI=1S/C17H24N2O6S/c1-2-26(23,24)19-15-6-4-3-5-13(15)16(20)18-11-14(17(21)22)12-7-9-25-10-8-12/h3-6,12,14,19H,2,7-11H2,1H3,(H,18,20)(H,21,22).